The third kappa shape index (κ3) is 3.97. The molecule has 2 aromatic rings. The van der Waals surface area contributed by atoms with Gasteiger partial charge in [-0.15, -0.1) is 11.3 Å². The summed E-state index contributed by atoms with van der Waals surface area (Å²) in [5.41, 5.74) is 1.83. The second-order valence-corrected chi connectivity index (χ2v) is 8.73. The maximum Gasteiger partial charge on any atom is 0.410 e. The van der Waals surface area contributed by atoms with Crippen molar-refractivity contribution in [2.45, 2.75) is 32.8 Å². The van der Waals surface area contributed by atoms with Crippen LogP contribution in [0.4, 0.5) is 4.79 Å². The van der Waals surface area contributed by atoms with Crippen molar-refractivity contribution in [2.24, 2.45) is 0 Å². The van der Waals surface area contributed by atoms with Gasteiger partial charge >= 0.3 is 12.1 Å². The van der Waals surface area contributed by atoms with Gasteiger partial charge in [-0.05, 0) is 38.8 Å². The lowest BCUT2D eigenvalue weighted by Crippen LogP contribution is -2.42. The van der Waals surface area contributed by atoms with E-state index in [-0.39, 0.29) is 6.54 Å². The highest BCUT2D eigenvalue weighted by Gasteiger charge is 2.32. The molecule has 6 heteroatoms. The average Bonchev–Trinajstić information content (AvgIpc) is 3.04. The van der Waals surface area contributed by atoms with Gasteiger partial charge in [-0.2, -0.15) is 0 Å². The molecule has 1 aromatic heterocycles. The van der Waals surface area contributed by atoms with Crippen LogP contribution in [0.1, 0.15) is 37.6 Å². The number of thiophene rings is 1. The number of hydrogen-bond acceptors (Lipinski definition) is 5. The van der Waals surface area contributed by atoms with Gasteiger partial charge < -0.3 is 14.4 Å². The van der Waals surface area contributed by atoms with Gasteiger partial charge in [-0.3, -0.25) is 0 Å². The van der Waals surface area contributed by atoms with E-state index in [2.05, 4.69) is 18.7 Å². The van der Waals surface area contributed by atoms with Gasteiger partial charge in [0, 0.05) is 27.1 Å². The molecule has 0 unspecified atom stereocenters. The Kier molecular flexibility index (Phi) is 5.61. The number of carbonyl (C=O) groups is 2. The van der Waals surface area contributed by atoms with Crippen LogP contribution in [0.5, 0.6) is 0 Å². The van der Waals surface area contributed by atoms with E-state index in [1.807, 2.05) is 39.0 Å². The molecule has 1 aromatic carbocycles. The van der Waals surface area contributed by atoms with E-state index in [9.17, 15) is 9.59 Å². The summed E-state index contributed by atoms with van der Waals surface area (Å²) in [6.07, 6.45) is 1.94. The number of esters is 1. The summed E-state index contributed by atoms with van der Waals surface area (Å²) in [7, 11) is 1.36. The standard InChI is InChI=1S/C22H25NO4S/c1-6-17-19(15-9-7-8-10-18(15)28-17)14-11-12-23(13-16(14)20(24)26-5)21(25)27-22(2,3)4/h6-10H,1,11-13H2,2-5H3. The van der Waals surface area contributed by atoms with Gasteiger partial charge in [0.1, 0.15) is 5.60 Å². The first-order chi connectivity index (χ1) is 13.2. The summed E-state index contributed by atoms with van der Waals surface area (Å²) < 4.78 is 11.7. The molecule has 1 aliphatic rings. The van der Waals surface area contributed by atoms with Gasteiger partial charge in [-0.25, -0.2) is 9.59 Å². The molecule has 0 bridgehead atoms. The van der Waals surface area contributed by atoms with Crippen LogP contribution in [-0.4, -0.2) is 42.8 Å². The minimum absolute atomic E-state index is 0.164. The van der Waals surface area contributed by atoms with E-state index >= 15 is 0 Å². The number of amides is 1. The normalized spacial score (nSPS) is 14.9. The first-order valence-electron chi connectivity index (χ1n) is 9.17. The van der Waals surface area contributed by atoms with Crippen LogP contribution in [0.2, 0.25) is 0 Å². The van der Waals surface area contributed by atoms with Crippen molar-refractivity contribution >= 4 is 45.1 Å². The Balaban J connectivity index is 2.07. The molecule has 148 valence electrons. The van der Waals surface area contributed by atoms with Gasteiger partial charge in [0.15, 0.2) is 0 Å². The number of fused-ring (bicyclic) bond motifs is 1. The zero-order chi connectivity index (χ0) is 20.5. The lowest BCUT2D eigenvalue weighted by molar-refractivity contribution is -0.136. The molecule has 0 saturated heterocycles. The number of methoxy groups -OCH3 is 1. The molecule has 0 atom stereocenters. The fraction of sp³-hybridized carbons (Fsp3) is 0.364. The first-order valence-corrected chi connectivity index (χ1v) is 9.99. The minimum Gasteiger partial charge on any atom is -0.466 e. The SMILES string of the molecule is C=Cc1sc2ccccc2c1C1=C(C(=O)OC)CN(C(=O)OC(C)(C)C)CC1. The largest absolute Gasteiger partial charge is 0.466 e. The molecule has 0 radical (unpaired) electrons. The van der Waals surface area contributed by atoms with E-state index in [4.69, 9.17) is 9.47 Å². The third-order valence-corrected chi connectivity index (χ3v) is 5.70. The Morgan fingerprint density at radius 1 is 1.25 bits per heavy atom. The van der Waals surface area contributed by atoms with Gasteiger partial charge in [-0.1, -0.05) is 30.9 Å². The van der Waals surface area contributed by atoms with E-state index in [1.54, 1.807) is 16.2 Å². The summed E-state index contributed by atoms with van der Waals surface area (Å²) >= 11 is 1.64. The van der Waals surface area contributed by atoms with Gasteiger partial charge in [0.05, 0.1) is 19.2 Å². The molecule has 28 heavy (non-hydrogen) atoms. The fourth-order valence-electron chi connectivity index (χ4n) is 3.35. The molecule has 5 nitrogen and oxygen atoms in total. The number of benzene rings is 1. The van der Waals surface area contributed by atoms with Crippen molar-refractivity contribution in [2.75, 3.05) is 20.2 Å². The number of ether oxygens (including phenoxy) is 2. The van der Waals surface area contributed by atoms with E-state index in [0.717, 1.165) is 26.1 Å². The average molecular weight is 400 g/mol. The second-order valence-electron chi connectivity index (χ2n) is 7.64. The Hall–Kier alpha value is -2.60. The Bertz CT molecular complexity index is 965. The van der Waals surface area contributed by atoms with Crippen LogP contribution in [0.3, 0.4) is 0 Å². The van der Waals surface area contributed by atoms with Crippen molar-refractivity contribution < 1.29 is 19.1 Å². The Labute approximate surface area is 169 Å². The topological polar surface area (TPSA) is 55.8 Å². The number of hydrogen-bond donors (Lipinski definition) is 0. The highest BCUT2D eigenvalue weighted by Crippen LogP contribution is 2.40. The quantitative estimate of drug-likeness (QED) is 0.673. The summed E-state index contributed by atoms with van der Waals surface area (Å²) in [6.45, 7) is 10.1. The second kappa shape index (κ2) is 7.80. The highest BCUT2D eigenvalue weighted by molar-refractivity contribution is 7.20. The number of carbonyl (C=O) groups excluding carboxylic acids is 2. The van der Waals surface area contributed by atoms with Crippen molar-refractivity contribution in [1.82, 2.24) is 4.90 Å². The molecule has 2 heterocycles. The molecule has 3 rings (SSSR count). The summed E-state index contributed by atoms with van der Waals surface area (Å²) in [4.78, 5) is 27.7. The summed E-state index contributed by atoms with van der Waals surface area (Å²) in [6, 6.07) is 8.09. The third-order valence-electron chi connectivity index (χ3n) is 4.54. The van der Waals surface area contributed by atoms with Crippen LogP contribution < -0.4 is 0 Å². The Morgan fingerprint density at radius 2 is 1.96 bits per heavy atom. The first kappa shape index (κ1) is 20.1. The summed E-state index contributed by atoms with van der Waals surface area (Å²) in [5.74, 6) is -0.423. The maximum absolute atomic E-state index is 12.6. The molecule has 0 N–H and O–H groups in total. The molecule has 0 fully saturated rings. The zero-order valence-electron chi connectivity index (χ0n) is 16.7. The van der Waals surface area contributed by atoms with Crippen LogP contribution in [-0.2, 0) is 14.3 Å². The van der Waals surface area contributed by atoms with Crippen molar-refractivity contribution in [1.29, 1.82) is 0 Å². The van der Waals surface area contributed by atoms with Crippen LogP contribution in [0.15, 0.2) is 36.4 Å². The van der Waals surface area contributed by atoms with E-state index < -0.39 is 17.7 Å². The fourth-order valence-corrected chi connectivity index (χ4v) is 4.43. The lowest BCUT2D eigenvalue weighted by Gasteiger charge is -2.32. The van der Waals surface area contributed by atoms with Gasteiger partial charge in [0.2, 0.25) is 0 Å². The predicted octanol–water partition coefficient (Wildman–Crippen LogP) is 5.11. The lowest BCUT2D eigenvalue weighted by atomic mass is 9.91. The number of rotatable bonds is 3. The molecule has 1 aliphatic heterocycles. The van der Waals surface area contributed by atoms with E-state index in [0.29, 0.717) is 18.5 Å². The van der Waals surface area contributed by atoms with Crippen LogP contribution in [0.25, 0.3) is 21.7 Å². The maximum atomic E-state index is 12.6. The monoisotopic (exact) mass is 399 g/mol. The minimum atomic E-state index is -0.591. The molecular weight excluding hydrogens is 374 g/mol. The molecule has 0 aliphatic carbocycles. The molecular formula is C22H25NO4S. The molecule has 0 saturated carbocycles. The molecule has 0 spiro atoms. The Morgan fingerprint density at radius 3 is 2.61 bits per heavy atom. The molecule has 1 amide bonds. The van der Waals surface area contributed by atoms with Crippen molar-refractivity contribution in [3.8, 4) is 0 Å². The zero-order valence-corrected chi connectivity index (χ0v) is 17.5. The predicted molar refractivity (Wildman–Crippen MR) is 113 cm³/mol. The van der Waals surface area contributed by atoms with Gasteiger partial charge in [0.25, 0.3) is 0 Å². The van der Waals surface area contributed by atoms with Crippen molar-refractivity contribution in [3.05, 3.63) is 46.9 Å². The van der Waals surface area contributed by atoms with E-state index in [1.165, 1.54) is 7.11 Å². The van der Waals surface area contributed by atoms with Crippen molar-refractivity contribution in [3.63, 3.8) is 0 Å². The smallest absolute Gasteiger partial charge is 0.410 e. The van der Waals surface area contributed by atoms with Crippen LogP contribution >= 0.6 is 11.3 Å². The number of nitrogens with zero attached hydrogens (tertiary/aromatic N) is 1. The highest BCUT2D eigenvalue weighted by atomic mass is 32.1. The summed E-state index contributed by atoms with van der Waals surface area (Å²) in [5, 5.41) is 1.09. The van der Waals surface area contributed by atoms with Crippen LogP contribution in [0, 0.1) is 0 Å².